The fraction of sp³-hybridized carbons (Fsp3) is 0.190. The van der Waals surface area contributed by atoms with Gasteiger partial charge < -0.3 is 4.74 Å². The first-order valence-corrected chi connectivity index (χ1v) is 8.11. The molecular weight excluding hydrogens is 282 g/mol. The van der Waals surface area contributed by atoms with E-state index in [9.17, 15) is 0 Å². The van der Waals surface area contributed by atoms with Crippen molar-refractivity contribution in [1.82, 2.24) is 0 Å². The Kier molecular flexibility index (Phi) is 6.37. The van der Waals surface area contributed by atoms with Gasteiger partial charge in [0.1, 0.15) is 5.75 Å². The lowest BCUT2D eigenvalue weighted by Gasteiger charge is -2.06. The molecule has 118 valence electrons. The van der Waals surface area contributed by atoms with E-state index in [1.54, 1.807) is 0 Å². The van der Waals surface area contributed by atoms with Crippen LogP contribution in [0.4, 0.5) is 5.69 Å². The largest absolute Gasteiger partial charge is 0.494 e. The molecule has 0 heterocycles. The standard InChI is InChI=1S/C19H17NO.C2H6/c1-2-21-17-11-12-18-16(13-17)9-6-10-19(18)20-14-15-7-4-3-5-8-15;1-2/h3-14H,2H2,1H3;1-2H3. The summed E-state index contributed by atoms with van der Waals surface area (Å²) in [6.07, 6.45) is 1.89. The van der Waals surface area contributed by atoms with Crippen LogP contribution in [0, 0.1) is 0 Å². The average molecular weight is 305 g/mol. The molecule has 0 radical (unpaired) electrons. The first-order chi connectivity index (χ1) is 11.4. The van der Waals surface area contributed by atoms with Crippen molar-refractivity contribution in [3.05, 3.63) is 72.3 Å². The van der Waals surface area contributed by atoms with Gasteiger partial charge in [0.25, 0.3) is 0 Å². The molecule has 0 aliphatic rings. The van der Waals surface area contributed by atoms with Crippen molar-refractivity contribution in [3.8, 4) is 5.75 Å². The zero-order valence-electron chi connectivity index (χ0n) is 14.0. The zero-order valence-corrected chi connectivity index (χ0v) is 14.0. The lowest BCUT2D eigenvalue weighted by Crippen LogP contribution is -1.90. The molecule has 0 saturated heterocycles. The topological polar surface area (TPSA) is 21.6 Å². The minimum absolute atomic E-state index is 0.678. The Balaban J connectivity index is 0.000000924. The Labute approximate surface area is 138 Å². The Hall–Kier alpha value is -2.61. The summed E-state index contributed by atoms with van der Waals surface area (Å²) in [6, 6.07) is 22.4. The predicted octanol–water partition coefficient (Wildman–Crippen LogP) is 6.02. The minimum Gasteiger partial charge on any atom is -0.494 e. The van der Waals surface area contributed by atoms with Gasteiger partial charge in [0, 0.05) is 11.6 Å². The molecule has 2 heteroatoms. The fourth-order valence-electron chi connectivity index (χ4n) is 2.30. The van der Waals surface area contributed by atoms with Crippen molar-refractivity contribution >= 4 is 22.7 Å². The average Bonchev–Trinajstić information content (AvgIpc) is 2.62. The van der Waals surface area contributed by atoms with E-state index in [4.69, 9.17) is 4.74 Å². The van der Waals surface area contributed by atoms with Gasteiger partial charge in [0.2, 0.25) is 0 Å². The number of hydrogen-bond acceptors (Lipinski definition) is 2. The van der Waals surface area contributed by atoms with E-state index in [2.05, 4.69) is 23.2 Å². The van der Waals surface area contributed by atoms with Crippen molar-refractivity contribution in [1.29, 1.82) is 0 Å². The maximum Gasteiger partial charge on any atom is 0.119 e. The molecule has 0 spiro atoms. The molecule has 3 aromatic carbocycles. The SMILES string of the molecule is CC.CCOc1ccc2c(N=Cc3ccccc3)cccc2c1. The minimum atomic E-state index is 0.678. The van der Waals surface area contributed by atoms with E-state index < -0.39 is 0 Å². The number of rotatable bonds is 4. The summed E-state index contributed by atoms with van der Waals surface area (Å²) in [5.74, 6) is 0.897. The summed E-state index contributed by atoms with van der Waals surface area (Å²) in [7, 11) is 0. The highest BCUT2D eigenvalue weighted by Gasteiger charge is 2.01. The van der Waals surface area contributed by atoms with Crippen molar-refractivity contribution in [2.45, 2.75) is 20.8 Å². The van der Waals surface area contributed by atoms with Gasteiger partial charge in [-0.05, 0) is 42.1 Å². The van der Waals surface area contributed by atoms with Gasteiger partial charge in [-0.2, -0.15) is 0 Å². The molecule has 0 aromatic heterocycles. The van der Waals surface area contributed by atoms with Crippen LogP contribution in [0.3, 0.4) is 0 Å². The molecule has 0 fully saturated rings. The third-order valence-electron chi connectivity index (χ3n) is 3.29. The second-order valence-corrected chi connectivity index (χ2v) is 4.76. The summed E-state index contributed by atoms with van der Waals surface area (Å²) in [4.78, 5) is 4.61. The van der Waals surface area contributed by atoms with Gasteiger partial charge in [-0.3, -0.25) is 4.99 Å². The number of hydrogen-bond donors (Lipinski definition) is 0. The second kappa shape index (κ2) is 8.74. The van der Waals surface area contributed by atoms with Crippen LogP contribution in [-0.2, 0) is 0 Å². The first-order valence-electron chi connectivity index (χ1n) is 8.11. The number of fused-ring (bicyclic) bond motifs is 1. The van der Waals surface area contributed by atoms with Crippen LogP contribution in [0.2, 0.25) is 0 Å². The zero-order chi connectivity index (χ0) is 16.5. The molecule has 0 saturated carbocycles. The van der Waals surface area contributed by atoms with Gasteiger partial charge in [0.05, 0.1) is 12.3 Å². The summed E-state index contributed by atoms with van der Waals surface area (Å²) in [6.45, 7) is 6.67. The van der Waals surface area contributed by atoms with Crippen molar-refractivity contribution in [3.63, 3.8) is 0 Å². The molecule has 23 heavy (non-hydrogen) atoms. The first kappa shape index (κ1) is 16.8. The molecule has 0 N–H and O–H groups in total. The Morgan fingerprint density at radius 1 is 0.913 bits per heavy atom. The van der Waals surface area contributed by atoms with Crippen molar-refractivity contribution in [2.75, 3.05) is 6.61 Å². The molecule has 0 amide bonds. The molecular formula is C21H23NO. The van der Waals surface area contributed by atoms with Gasteiger partial charge in [-0.1, -0.05) is 56.3 Å². The second-order valence-electron chi connectivity index (χ2n) is 4.76. The monoisotopic (exact) mass is 305 g/mol. The molecule has 0 aliphatic heterocycles. The van der Waals surface area contributed by atoms with Gasteiger partial charge >= 0.3 is 0 Å². The van der Waals surface area contributed by atoms with Gasteiger partial charge in [0.15, 0.2) is 0 Å². The fourth-order valence-corrected chi connectivity index (χ4v) is 2.30. The highest BCUT2D eigenvalue weighted by Crippen LogP contribution is 2.29. The van der Waals surface area contributed by atoms with Crippen LogP contribution in [0.5, 0.6) is 5.75 Å². The summed E-state index contributed by atoms with van der Waals surface area (Å²) in [5.41, 5.74) is 2.07. The van der Waals surface area contributed by atoms with E-state index in [-0.39, 0.29) is 0 Å². The molecule has 0 aliphatic carbocycles. The lowest BCUT2D eigenvalue weighted by atomic mass is 10.1. The van der Waals surface area contributed by atoms with Crippen LogP contribution < -0.4 is 4.74 Å². The maximum atomic E-state index is 5.54. The van der Waals surface area contributed by atoms with E-state index >= 15 is 0 Å². The van der Waals surface area contributed by atoms with E-state index in [0.29, 0.717) is 6.61 Å². The molecule has 0 unspecified atom stereocenters. The van der Waals surface area contributed by atoms with Crippen LogP contribution >= 0.6 is 0 Å². The van der Waals surface area contributed by atoms with Crippen molar-refractivity contribution < 1.29 is 4.74 Å². The third-order valence-corrected chi connectivity index (χ3v) is 3.29. The third kappa shape index (κ3) is 4.43. The Morgan fingerprint density at radius 3 is 2.43 bits per heavy atom. The number of nitrogens with zero attached hydrogens (tertiary/aromatic N) is 1. The predicted molar refractivity (Wildman–Crippen MR) is 100 cm³/mol. The highest BCUT2D eigenvalue weighted by molar-refractivity contribution is 5.95. The van der Waals surface area contributed by atoms with Crippen LogP contribution in [-0.4, -0.2) is 12.8 Å². The summed E-state index contributed by atoms with van der Waals surface area (Å²) in [5, 5.41) is 2.27. The summed E-state index contributed by atoms with van der Waals surface area (Å²) >= 11 is 0. The van der Waals surface area contributed by atoms with Gasteiger partial charge in [-0.25, -0.2) is 0 Å². The van der Waals surface area contributed by atoms with E-state index in [0.717, 1.165) is 27.8 Å². The van der Waals surface area contributed by atoms with E-state index in [1.807, 2.05) is 75.5 Å². The summed E-state index contributed by atoms with van der Waals surface area (Å²) < 4.78 is 5.54. The van der Waals surface area contributed by atoms with Crippen molar-refractivity contribution in [2.24, 2.45) is 4.99 Å². The quantitative estimate of drug-likeness (QED) is 0.540. The maximum absolute atomic E-state index is 5.54. The number of benzene rings is 3. The van der Waals surface area contributed by atoms with E-state index in [1.165, 1.54) is 0 Å². The van der Waals surface area contributed by atoms with Gasteiger partial charge in [-0.15, -0.1) is 0 Å². The molecule has 0 bridgehead atoms. The normalized spacial score (nSPS) is 10.4. The number of aliphatic imine (C=N–C) groups is 1. The Morgan fingerprint density at radius 2 is 1.70 bits per heavy atom. The Bertz CT molecular complexity index is 763. The number of ether oxygens (including phenoxy) is 1. The molecule has 3 rings (SSSR count). The van der Waals surface area contributed by atoms with Crippen LogP contribution in [0.1, 0.15) is 26.3 Å². The highest BCUT2D eigenvalue weighted by atomic mass is 16.5. The van der Waals surface area contributed by atoms with Crippen LogP contribution in [0.25, 0.3) is 10.8 Å². The molecule has 2 nitrogen and oxygen atoms in total. The lowest BCUT2D eigenvalue weighted by molar-refractivity contribution is 0.341. The smallest absolute Gasteiger partial charge is 0.119 e. The van der Waals surface area contributed by atoms with Crippen LogP contribution in [0.15, 0.2) is 71.7 Å². The molecule has 3 aromatic rings. The molecule has 0 atom stereocenters.